The van der Waals surface area contributed by atoms with Crippen molar-refractivity contribution in [2.24, 2.45) is 0 Å². The molecule has 10 heavy (non-hydrogen) atoms. The molecule has 0 fully saturated rings. The average Bonchev–Trinajstić information content (AvgIpc) is 1.98. The normalized spacial score (nSPS) is 10.6. The summed E-state index contributed by atoms with van der Waals surface area (Å²) in [5, 5.41) is 0. The van der Waals surface area contributed by atoms with Crippen molar-refractivity contribution in [2.45, 2.75) is 0 Å². The number of rotatable bonds is 3. The highest BCUT2D eigenvalue weighted by Crippen LogP contribution is 1.80. The molecule has 0 aromatic heterocycles. The minimum Gasteiger partial charge on any atom is -0.504 e. The van der Waals surface area contributed by atoms with Gasteiger partial charge in [-0.25, -0.2) is 4.79 Å². The number of hydrogen-bond acceptors (Lipinski definition) is 3. The van der Waals surface area contributed by atoms with Crippen LogP contribution in [0.15, 0.2) is 24.5 Å². The van der Waals surface area contributed by atoms with Crippen LogP contribution in [-0.4, -0.2) is 20.2 Å². The highest BCUT2D eigenvalue weighted by atomic mass is 16.5. The Balaban J connectivity index is 3.55. The predicted molar refractivity (Wildman–Crippen MR) is 37.3 cm³/mol. The number of hydrogen-bond donors (Lipinski definition) is 0. The van der Waals surface area contributed by atoms with Crippen molar-refractivity contribution in [3.63, 3.8) is 0 Å². The minimum atomic E-state index is -0.374. The van der Waals surface area contributed by atoms with Crippen molar-refractivity contribution in [1.29, 1.82) is 0 Å². The summed E-state index contributed by atoms with van der Waals surface area (Å²) in [6.07, 6.45) is 5.89. The molecule has 0 unspecified atom stereocenters. The molecule has 0 bridgehead atoms. The Bertz CT molecular complexity index is 147. The lowest BCUT2D eigenvalue weighted by Gasteiger charge is -1.86. The molecule has 0 saturated carbocycles. The van der Waals surface area contributed by atoms with E-state index in [2.05, 4.69) is 9.47 Å². The summed E-state index contributed by atoms with van der Waals surface area (Å²) in [4.78, 5) is 10.4. The molecule has 0 aliphatic carbocycles. The van der Waals surface area contributed by atoms with Crippen molar-refractivity contribution in [3.05, 3.63) is 24.5 Å². The van der Waals surface area contributed by atoms with Crippen LogP contribution >= 0.6 is 0 Å². The second kappa shape index (κ2) is 5.88. The van der Waals surface area contributed by atoms with E-state index in [-0.39, 0.29) is 5.97 Å². The lowest BCUT2D eigenvalue weighted by molar-refractivity contribution is -0.134. The van der Waals surface area contributed by atoms with Gasteiger partial charge in [0, 0.05) is 6.08 Å². The minimum absolute atomic E-state index is 0.374. The Morgan fingerprint density at radius 2 is 2.00 bits per heavy atom. The zero-order chi connectivity index (χ0) is 7.82. The third-order valence-corrected chi connectivity index (χ3v) is 0.759. The molecule has 0 radical (unpaired) electrons. The number of ether oxygens (including phenoxy) is 2. The first kappa shape index (κ1) is 8.75. The number of allylic oxidation sites excluding steroid dienone is 2. The Labute approximate surface area is 59.9 Å². The standard InChI is InChI=1S/C7H10O3/c1-9-6-4-3-5-7(8)10-2/h3-6H,1-2H3. The maximum absolute atomic E-state index is 10.4. The highest BCUT2D eigenvalue weighted by Gasteiger charge is 1.85. The van der Waals surface area contributed by atoms with Crippen LogP contribution < -0.4 is 0 Å². The smallest absolute Gasteiger partial charge is 0.330 e. The summed E-state index contributed by atoms with van der Waals surface area (Å²) in [6.45, 7) is 0. The first-order valence-electron chi connectivity index (χ1n) is 2.75. The molecule has 0 aromatic carbocycles. The highest BCUT2D eigenvalue weighted by molar-refractivity contribution is 5.82. The lowest BCUT2D eigenvalue weighted by atomic mass is 10.5. The van der Waals surface area contributed by atoms with E-state index in [0.717, 1.165) is 0 Å². The van der Waals surface area contributed by atoms with Crippen molar-refractivity contribution in [2.75, 3.05) is 14.2 Å². The summed E-state index contributed by atoms with van der Waals surface area (Å²) in [6, 6.07) is 0. The monoisotopic (exact) mass is 142 g/mol. The van der Waals surface area contributed by atoms with Gasteiger partial charge in [-0.05, 0) is 6.08 Å². The molecule has 0 saturated heterocycles. The Hall–Kier alpha value is -1.25. The maximum atomic E-state index is 10.4. The molecular formula is C7H10O3. The number of esters is 1. The Kier molecular flexibility index (Phi) is 5.14. The van der Waals surface area contributed by atoms with Crippen LogP contribution in [0.3, 0.4) is 0 Å². The van der Waals surface area contributed by atoms with Gasteiger partial charge in [-0.3, -0.25) is 0 Å². The summed E-state index contributed by atoms with van der Waals surface area (Å²) in [5.41, 5.74) is 0. The summed E-state index contributed by atoms with van der Waals surface area (Å²) >= 11 is 0. The fraction of sp³-hybridized carbons (Fsp3) is 0.286. The largest absolute Gasteiger partial charge is 0.504 e. The number of carbonyl (C=O) groups is 1. The molecule has 0 spiro atoms. The number of methoxy groups -OCH3 is 2. The second-order valence-electron chi connectivity index (χ2n) is 1.45. The second-order valence-corrected chi connectivity index (χ2v) is 1.45. The predicted octanol–water partition coefficient (Wildman–Crippen LogP) is 0.876. The van der Waals surface area contributed by atoms with Crippen LogP contribution in [0.25, 0.3) is 0 Å². The quantitative estimate of drug-likeness (QED) is 0.254. The van der Waals surface area contributed by atoms with Gasteiger partial charge in [0.05, 0.1) is 20.5 Å². The van der Waals surface area contributed by atoms with Crippen molar-refractivity contribution >= 4 is 5.97 Å². The van der Waals surface area contributed by atoms with Crippen LogP contribution in [0.4, 0.5) is 0 Å². The van der Waals surface area contributed by atoms with Crippen LogP contribution in [0, 0.1) is 0 Å². The van der Waals surface area contributed by atoms with Gasteiger partial charge >= 0.3 is 5.97 Å². The van der Waals surface area contributed by atoms with E-state index in [1.54, 1.807) is 6.08 Å². The first-order chi connectivity index (χ1) is 4.81. The van der Waals surface area contributed by atoms with Crippen molar-refractivity contribution < 1.29 is 14.3 Å². The van der Waals surface area contributed by atoms with Crippen LogP contribution in [-0.2, 0) is 14.3 Å². The topological polar surface area (TPSA) is 35.5 Å². The third-order valence-electron chi connectivity index (χ3n) is 0.759. The molecule has 0 aliphatic heterocycles. The fourth-order valence-electron chi connectivity index (χ4n) is 0.326. The van der Waals surface area contributed by atoms with Gasteiger partial charge in [0.1, 0.15) is 0 Å². The van der Waals surface area contributed by atoms with Crippen molar-refractivity contribution in [3.8, 4) is 0 Å². The van der Waals surface area contributed by atoms with Gasteiger partial charge in [0.2, 0.25) is 0 Å². The molecule has 3 nitrogen and oxygen atoms in total. The van der Waals surface area contributed by atoms with Gasteiger partial charge in [-0.15, -0.1) is 0 Å². The van der Waals surface area contributed by atoms with Gasteiger partial charge in [0.25, 0.3) is 0 Å². The molecule has 3 heteroatoms. The van der Waals surface area contributed by atoms with Crippen LogP contribution in [0.1, 0.15) is 0 Å². The SMILES string of the molecule is COC=CC=CC(=O)OC. The van der Waals surface area contributed by atoms with E-state index in [0.29, 0.717) is 0 Å². The number of carbonyl (C=O) groups excluding carboxylic acids is 1. The summed E-state index contributed by atoms with van der Waals surface area (Å²) in [7, 11) is 2.86. The van der Waals surface area contributed by atoms with E-state index in [9.17, 15) is 4.79 Å². The van der Waals surface area contributed by atoms with Gasteiger partial charge in [-0.2, -0.15) is 0 Å². The van der Waals surface area contributed by atoms with E-state index in [4.69, 9.17) is 0 Å². The summed E-state index contributed by atoms with van der Waals surface area (Å²) in [5.74, 6) is -0.374. The molecule has 0 amide bonds. The average molecular weight is 142 g/mol. The van der Waals surface area contributed by atoms with Gasteiger partial charge in [-0.1, -0.05) is 6.08 Å². The van der Waals surface area contributed by atoms with Crippen LogP contribution in [0.5, 0.6) is 0 Å². The van der Waals surface area contributed by atoms with Crippen molar-refractivity contribution in [1.82, 2.24) is 0 Å². The maximum Gasteiger partial charge on any atom is 0.330 e. The first-order valence-corrected chi connectivity index (χ1v) is 2.75. The molecule has 0 aliphatic rings. The Morgan fingerprint density at radius 1 is 1.30 bits per heavy atom. The molecule has 0 heterocycles. The van der Waals surface area contributed by atoms with Gasteiger partial charge in [0.15, 0.2) is 0 Å². The molecule has 0 N–H and O–H groups in total. The molecule has 0 rings (SSSR count). The van der Waals surface area contributed by atoms with E-state index in [1.807, 2.05) is 0 Å². The van der Waals surface area contributed by atoms with Gasteiger partial charge < -0.3 is 9.47 Å². The summed E-state index contributed by atoms with van der Waals surface area (Å²) < 4.78 is 8.90. The molecule has 0 atom stereocenters. The van der Waals surface area contributed by atoms with E-state index < -0.39 is 0 Å². The molecule has 56 valence electrons. The zero-order valence-electron chi connectivity index (χ0n) is 6.03. The molecular weight excluding hydrogens is 132 g/mol. The van der Waals surface area contributed by atoms with Crippen LogP contribution in [0.2, 0.25) is 0 Å². The zero-order valence-corrected chi connectivity index (χ0v) is 6.03. The molecule has 0 aromatic rings. The van der Waals surface area contributed by atoms with E-state index in [1.165, 1.54) is 32.6 Å². The fourth-order valence-corrected chi connectivity index (χ4v) is 0.326. The Morgan fingerprint density at radius 3 is 2.50 bits per heavy atom. The third kappa shape index (κ3) is 4.90. The lowest BCUT2D eigenvalue weighted by Crippen LogP contribution is -1.92. The van der Waals surface area contributed by atoms with E-state index >= 15 is 0 Å².